The lowest BCUT2D eigenvalue weighted by atomic mass is 9.98. The molecule has 2 fully saturated rings. The SMILES string of the molecule is O=C(c1ccnc(OC2CCCCC2)c1)N1CCOC(c2ccsc2)C1. The third-order valence-electron chi connectivity index (χ3n) is 5.09. The minimum absolute atomic E-state index is 0.0180. The van der Waals surface area contributed by atoms with Crippen LogP contribution in [0, 0.1) is 0 Å². The third-order valence-corrected chi connectivity index (χ3v) is 5.79. The molecule has 0 radical (unpaired) electrons. The maximum absolute atomic E-state index is 12.9. The number of ether oxygens (including phenoxy) is 2. The zero-order valence-electron chi connectivity index (χ0n) is 14.8. The number of morpholine rings is 1. The summed E-state index contributed by atoms with van der Waals surface area (Å²) in [6, 6.07) is 5.61. The van der Waals surface area contributed by atoms with E-state index in [0.717, 1.165) is 18.4 Å². The molecule has 1 saturated carbocycles. The molecule has 4 rings (SSSR count). The number of carbonyl (C=O) groups is 1. The van der Waals surface area contributed by atoms with Crippen LogP contribution in [-0.2, 0) is 4.74 Å². The Hall–Kier alpha value is -1.92. The van der Waals surface area contributed by atoms with Crippen molar-refractivity contribution in [2.24, 2.45) is 0 Å². The Morgan fingerprint density at radius 1 is 1.27 bits per heavy atom. The molecule has 0 spiro atoms. The lowest BCUT2D eigenvalue weighted by Crippen LogP contribution is -2.42. The molecule has 1 atom stereocenters. The Kier molecular flexibility index (Phi) is 5.51. The number of rotatable bonds is 4. The molecule has 1 aliphatic heterocycles. The Balaban J connectivity index is 1.43. The molecule has 1 unspecified atom stereocenters. The highest BCUT2D eigenvalue weighted by Crippen LogP contribution is 2.26. The van der Waals surface area contributed by atoms with Gasteiger partial charge in [0.1, 0.15) is 12.2 Å². The summed E-state index contributed by atoms with van der Waals surface area (Å²) >= 11 is 1.65. The van der Waals surface area contributed by atoms with Gasteiger partial charge in [-0.1, -0.05) is 6.42 Å². The highest BCUT2D eigenvalue weighted by Gasteiger charge is 2.27. The van der Waals surface area contributed by atoms with E-state index in [1.54, 1.807) is 29.7 Å². The molecule has 1 aliphatic carbocycles. The number of aromatic nitrogens is 1. The van der Waals surface area contributed by atoms with Crippen molar-refractivity contribution in [2.45, 2.75) is 44.3 Å². The second-order valence-electron chi connectivity index (χ2n) is 6.93. The highest BCUT2D eigenvalue weighted by atomic mass is 32.1. The van der Waals surface area contributed by atoms with E-state index in [9.17, 15) is 4.79 Å². The number of nitrogens with zero attached hydrogens (tertiary/aromatic N) is 2. The van der Waals surface area contributed by atoms with Crippen molar-refractivity contribution in [3.05, 3.63) is 46.3 Å². The van der Waals surface area contributed by atoms with Gasteiger partial charge in [0, 0.05) is 24.4 Å². The van der Waals surface area contributed by atoms with Crippen molar-refractivity contribution < 1.29 is 14.3 Å². The van der Waals surface area contributed by atoms with Crippen LogP contribution in [0.2, 0.25) is 0 Å². The summed E-state index contributed by atoms with van der Waals surface area (Å²) in [7, 11) is 0. The predicted molar refractivity (Wildman–Crippen MR) is 101 cm³/mol. The van der Waals surface area contributed by atoms with Crippen LogP contribution in [0.1, 0.15) is 54.1 Å². The van der Waals surface area contributed by atoms with Crippen LogP contribution < -0.4 is 4.74 Å². The topological polar surface area (TPSA) is 51.7 Å². The fraction of sp³-hybridized carbons (Fsp3) is 0.500. The number of hydrogen-bond donors (Lipinski definition) is 0. The molecule has 5 nitrogen and oxygen atoms in total. The second kappa shape index (κ2) is 8.18. The quantitative estimate of drug-likeness (QED) is 0.812. The molecule has 1 saturated heterocycles. The normalized spacial score (nSPS) is 21.5. The van der Waals surface area contributed by atoms with E-state index < -0.39 is 0 Å². The first kappa shape index (κ1) is 17.5. The summed E-state index contributed by atoms with van der Waals surface area (Å²) in [5.41, 5.74) is 1.78. The van der Waals surface area contributed by atoms with E-state index in [4.69, 9.17) is 9.47 Å². The maximum atomic E-state index is 12.9. The third kappa shape index (κ3) is 4.07. The zero-order valence-corrected chi connectivity index (χ0v) is 15.6. The summed E-state index contributed by atoms with van der Waals surface area (Å²) in [5, 5.41) is 4.12. The summed E-state index contributed by atoms with van der Waals surface area (Å²) in [4.78, 5) is 19.1. The molecular formula is C20H24N2O3S. The first-order valence-corrected chi connectivity index (χ1v) is 10.3. The van der Waals surface area contributed by atoms with Gasteiger partial charge in [-0.05, 0) is 54.1 Å². The first-order chi connectivity index (χ1) is 12.8. The van der Waals surface area contributed by atoms with Gasteiger partial charge in [0.2, 0.25) is 5.88 Å². The van der Waals surface area contributed by atoms with E-state index in [-0.39, 0.29) is 18.1 Å². The van der Waals surface area contributed by atoms with E-state index in [1.165, 1.54) is 19.3 Å². The summed E-state index contributed by atoms with van der Waals surface area (Å²) in [5.74, 6) is 0.579. The summed E-state index contributed by atoms with van der Waals surface area (Å²) < 4.78 is 11.8. The summed E-state index contributed by atoms with van der Waals surface area (Å²) in [6.45, 7) is 1.75. The molecule has 0 aromatic carbocycles. The van der Waals surface area contributed by atoms with Gasteiger partial charge in [0.25, 0.3) is 5.91 Å². The monoisotopic (exact) mass is 372 g/mol. The van der Waals surface area contributed by atoms with Gasteiger partial charge >= 0.3 is 0 Å². The van der Waals surface area contributed by atoms with Crippen molar-refractivity contribution in [1.29, 1.82) is 0 Å². The van der Waals surface area contributed by atoms with Crippen molar-refractivity contribution in [1.82, 2.24) is 9.88 Å². The van der Waals surface area contributed by atoms with E-state index in [2.05, 4.69) is 16.4 Å². The maximum Gasteiger partial charge on any atom is 0.254 e. The average molecular weight is 372 g/mol. The molecule has 1 amide bonds. The molecule has 0 bridgehead atoms. The first-order valence-electron chi connectivity index (χ1n) is 9.35. The van der Waals surface area contributed by atoms with Gasteiger partial charge in [-0.25, -0.2) is 4.98 Å². The van der Waals surface area contributed by atoms with Crippen LogP contribution >= 0.6 is 11.3 Å². The van der Waals surface area contributed by atoms with Gasteiger partial charge in [0.05, 0.1) is 13.2 Å². The van der Waals surface area contributed by atoms with Gasteiger partial charge < -0.3 is 14.4 Å². The molecule has 6 heteroatoms. The lowest BCUT2D eigenvalue weighted by Gasteiger charge is -2.33. The van der Waals surface area contributed by atoms with Crippen LogP contribution in [-0.4, -0.2) is 41.6 Å². The number of amides is 1. The fourth-order valence-electron chi connectivity index (χ4n) is 3.64. The molecule has 0 N–H and O–H groups in total. The van der Waals surface area contributed by atoms with Crippen molar-refractivity contribution in [2.75, 3.05) is 19.7 Å². The van der Waals surface area contributed by atoms with Gasteiger partial charge in [-0.2, -0.15) is 11.3 Å². The lowest BCUT2D eigenvalue weighted by molar-refractivity contribution is -0.0226. The van der Waals surface area contributed by atoms with Crippen LogP contribution in [0.15, 0.2) is 35.2 Å². The van der Waals surface area contributed by atoms with Crippen LogP contribution in [0.5, 0.6) is 5.88 Å². The molecule has 138 valence electrons. The predicted octanol–water partition coefficient (Wildman–Crippen LogP) is 4.07. The Morgan fingerprint density at radius 2 is 2.15 bits per heavy atom. The Morgan fingerprint density at radius 3 is 2.96 bits per heavy atom. The van der Waals surface area contributed by atoms with E-state index >= 15 is 0 Å². The van der Waals surface area contributed by atoms with E-state index in [0.29, 0.717) is 31.1 Å². The van der Waals surface area contributed by atoms with Crippen LogP contribution in [0.25, 0.3) is 0 Å². The van der Waals surface area contributed by atoms with Crippen molar-refractivity contribution in [3.63, 3.8) is 0 Å². The number of carbonyl (C=O) groups excluding carboxylic acids is 1. The molecule has 2 aliphatic rings. The minimum Gasteiger partial charge on any atom is -0.474 e. The largest absolute Gasteiger partial charge is 0.474 e. The molecule has 2 aromatic rings. The molecule has 3 heterocycles. The van der Waals surface area contributed by atoms with Gasteiger partial charge in [-0.3, -0.25) is 4.79 Å². The molecule has 26 heavy (non-hydrogen) atoms. The van der Waals surface area contributed by atoms with Crippen molar-refractivity contribution >= 4 is 17.2 Å². The Bertz CT molecular complexity index is 728. The van der Waals surface area contributed by atoms with Crippen LogP contribution in [0.4, 0.5) is 0 Å². The minimum atomic E-state index is -0.0428. The second-order valence-corrected chi connectivity index (χ2v) is 7.71. The average Bonchev–Trinajstić information content (AvgIpc) is 3.23. The summed E-state index contributed by atoms with van der Waals surface area (Å²) in [6.07, 6.45) is 7.71. The van der Waals surface area contributed by atoms with Crippen molar-refractivity contribution in [3.8, 4) is 5.88 Å². The highest BCUT2D eigenvalue weighted by molar-refractivity contribution is 7.07. The standard InChI is InChI=1S/C20H24N2O3S/c23-20(22-9-10-24-18(13-22)16-7-11-26-14-16)15-6-8-21-19(12-15)25-17-4-2-1-3-5-17/h6-8,11-12,14,17-18H,1-5,9-10,13H2. The molecular weight excluding hydrogens is 348 g/mol. The Labute approximate surface area is 157 Å². The smallest absolute Gasteiger partial charge is 0.254 e. The van der Waals surface area contributed by atoms with E-state index in [1.807, 2.05) is 10.3 Å². The fourth-order valence-corrected chi connectivity index (χ4v) is 4.34. The number of thiophene rings is 1. The zero-order chi connectivity index (χ0) is 17.8. The number of hydrogen-bond acceptors (Lipinski definition) is 5. The van der Waals surface area contributed by atoms with Gasteiger partial charge in [0.15, 0.2) is 0 Å². The van der Waals surface area contributed by atoms with Crippen LogP contribution in [0.3, 0.4) is 0 Å². The van der Waals surface area contributed by atoms with Gasteiger partial charge in [-0.15, -0.1) is 0 Å². The number of pyridine rings is 1. The molecule has 2 aromatic heterocycles.